The molecule has 0 radical (unpaired) electrons. The van der Waals surface area contributed by atoms with E-state index in [-0.39, 0.29) is 0 Å². The number of hydrogen-bond acceptors (Lipinski definition) is 2. The van der Waals surface area contributed by atoms with Gasteiger partial charge in [-0.25, -0.2) is 8.42 Å². The molecule has 0 unspecified atom stereocenters. The molecule has 0 rings (SSSR count). The fourth-order valence-corrected chi connectivity index (χ4v) is 1.70. The monoisotopic (exact) mass is 226 g/mol. The van der Waals surface area contributed by atoms with Gasteiger partial charge in [-0.05, 0) is 26.7 Å². The Bertz CT molecular complexity index is 327. The zero-order chi connectivity index (χ0) is 11.6. The summed E-state index contributed by atoms with van der Waals surface area (Å²) < 4.78 is 22.7. The first-order valence-corrected chi connectivity index (χ1v) is 6.54. The van der Waals surface area contributed by atoms with Crippen LogP contribution < -0.4 is 0 Å². The van der Waals surface area contributed by atoms with Crippen LogP contribution in [0.2, 0.25) is 0 Å². The van der Waals surface area contributed by atoms with Crippen LogP contribution in [-0.2, 0) is 9.84 Å². The lowest BCUT2D eigenvalue weighted by Crippen LogP contribution is -1.87. The maximum absolute atomic E-state index is 11.3. The van der Waals surface area contributed by atoms with Gasteiger partial charge in [0.2, 0.25) is 0 Å². The Hall–Kier alpha value is -1.09. The van der Waals surface area contributed by atoms with E-state index in [0.717, 1.165) is 0 Å². The smallest absolute Gasteiger partial charge is 0.192 e. The Balaban J connectivity index is 4.18. The average Bonchev–Trinajstić information content (AvgIpc) is 2.20. The summed E-state index contributed by atoms with van der Waals surface area (Å²) in [4.78, 5) is 0. The molecule has 0 atom stereocenters. The molecule has 0 heterocycles. The predicted molar refractivity (Wildman–Crippen MR) is 66.1 cm³/mol. The molecule has 15 heavy (non-hydrogen) atoms. The molecule has 0 spiro atoms. The van der Waals surface area contributed by atoms with Crippen LogP contribution in [0.3, 0.4) is 0 Å². The van der Waals surface area contributed by atoms with E-state index >= 15 is 0 Å². The van der Waals surface area contributed by atoms with Crippen LogP contribution in [0.25, 0.3) is 0 Å². The highest BCUT2D eigenvalue weighted by Crippen LogP contribution is 1.99. The van der Waals surface area contributed by atoms with Gasteiger partial charge in [0, 0.05) is 10.8 Å². The van der Waals surface area contributed by atoms with Crippen molar-refractivity contribution in [3.05, 3.63) is 47.3 Å². The first-order valence-electron chi connectivity index (χ1n) is 4.93. The zero-order valence-electron chi connectivity index (χ0n) is 9.26. The molecule has 2 nitrogen and oxygen atoms in total. The molecule has 0 aliphatic rings. The van der Waals surface area contributed by atoms with Crippen molar-refractivity contribution in [2.45, 2.75) is 26.7 Å². The van der Waals surface area contributed by atoms with Crippen molar-refractivity contribution >= 4 is 9.84 Å². The third-order valence-corrected chi connectivity index (χ3v) is 2.73. The molecule has 0 aliphatic carbocycles. The van der Waals surface area contributed by atoms with Crippen molar-refractivity contribution < 1.29 is 8.42 Å². The van der Waals surface area contributed by atoms with Gasteiger partial charge in [-0.1, -0.05) is 36.5 Å². The van der Waals surface area contributed by atoms with E-state index in [4.69, 9.17) is 0 Å². The maximum Gasteiger partial charge on any atom is 0.192 e. The summed E-state index contributed by atoms with van der Waals surface area (Å²) in [5.74, 6) is 0. The van der Waals surface area contributed by atoms with Crippen molar-refractivity contribution in [3.63, 3.8) is 0 Å². The summed E-state index contributed by atoms with van der Waals surface area (Å²) in [6.07, 6.45) is 12.1. The molecule has 0 fully saturated rings. The second-order valence-corrected chi connectivity index (χ2v) is 4.66. The molecular weight excluding hydrogens is 208 g/mol. The molecule has 3 heteroatoms. The number of allylic oxidation sites excluding steroid dienone is 6. The van der Waals surface area contributed by atoms with E-state index in [0.29, 0.717) is 12.8 Å². The summed E-state index contributed by atoms with van der Waals surface area (Å²) in [7, 11) is -3.17. The first kappa shape index (κ1) is 13.9. The topological polar surface area (TPSA) is 34.1 Å². The van der Waals surface area contributed by atoms with Gasteiger partial charge in [0.1, 0.15) is 0 Å². The first-order chi connectivity index (χ1) is 7.12. The van der Waals surface area contributed by atoms with E-state index in [1.807, 2.05) is 38.2 Å². The number of rotatable bonds is 6. The van der Waals surface area contributed by atoms with Crippen molar-refractivity contribution in [3.8, 4) is 0 Å². The molecule has 0 saturated carbocycles. The lowest BCUT2D eigenvalue weighted by Gasteiger charge is -1.87. The zero-order valence-corrected chi connectivity index (χ0v) is 10.1. The molecule has 0 aromatic rings. The molecule has 0 N–H and O–H groups in total. The summed E-state index contributed by atoms with van der Waals surface area (Å²) in [5.41, 5.74) is 0. The third kappa shape index (κ3) is 9.22. The second-order valence-electron chi connectivity index (χ2n) is 2.94. The lowest BCUT2D eigenvalue weighted by molar-refractivity contribution is 0.612. The predicted octanol–water partition coefficient (Wildman–Crippen LogP) is 3.36. The Morgan fingerprint density at radius 2 is 1.20 bits per heavy atom. The van der Waals surface area contributed by atoms with E-state index in [1.54, 1.807) is 12.2 Å². The van der Waals surface area contributed by atoms with E-state index in [1.165, 1.54) is 10.8 Å². The molecule has 0 bridgehead atoms. The molecule has 0 aromatic heterocycles. The number of sulfone groups is 1. The minimum Gasteiger partial charge on any atom is -0.220 e. The van der Waals surface area contributed by atoms with Gasteiger partial charge in [0.15, 0.2) is 9.84 Å². The average molecular weight is 226 g/mol. The maximum atomic E-state index is 11.3. The van der Waals surface area contributed by atoms with Crippen molar-refractivity contribution in [1.29, 1.82) is 0 Å². The highest BCUT2D eigenvalue weighted by atomic mass is 32.2. The van der Waals surface area contributed by atoms with Crippen molar-refractivity contribution in [2.75, 3.05) is 0 Å². The van der Waals surface area contributed by atoms with E-state index in [2.05, 4.69) is 0 Å². The second kappa shape index (κ2) is 8.24. The van der Waals surface area contributed by atoms with Crippen LogP contribution in [0.15, 0.2) is 47.3 Å². The molecule has 0 aromatic carbocycles. The summed E-state index contributed by atoms with van der Waals surface area (Å²) in [6.45, 7) is 3.80. The highest BCUT2D eigenvalue weighted by molar-refractivity contribution is 7.97. The largest absolute Gasteiger partial charge is 0.220 e. The molecule has 0 aliphatic heterocycles. The quantitative estimate of drug-likeness (QED) is 0.651. The molecule has 0 saturated heterocycles. The SMILES string of the molecule is CC=CCC=CS(=O)(=O)C=CCC=CC. The van der Waals surface area contributed by atoms with Crippen LogP contribution in [-0.4, -0.2) is 8.42 Å². The van der Waals surface area contributed by atoms with Gasteiger partial charge in [-0.3, -0.25) is 0 Å². The standard InChI is InChI=1S/C12H18O2S/c1-3-5-7-9-11-15(13,14)12-10-8-6-4-2/h3-6,9-12H,7-8H2,1-2H3. The molecule has 84 valence electrons. The van der Waals surface area contributed by atoms with Crippen molar-refractivity contribution in [2.24, 2.45) is 0 Å². The highest BCUT2D eigenvalue weighted by Gasteiger charge is 1.96. The Kier molecular flexibility index (Phi) is 7.64. The van der Waals surface area contributed by atoms with Crippen LogP contribution in [0.5, 0.6) is 0 Å². The lowest BCUT2D eigenvalue weighted by atomic mass is 10.4. The van der Waals surface area contributed by atoms with Crippen LogP contribution in [0, 0.1) is 0 Å². The fourth-order valence-electron chi connectivity index (χ4n) is 0.854. The van der Waals surface area contributed by atoms with Gasteiger partial charge >= 0.3 is 0 Å². The summed E-state index contributed by atoms with van der Waals surface area (Å²) in [6, 6.07) is 0. The van der Waals surface area contributed by atoms with Gasteiger partial charge in [-0.15, -0.1) is 0 Å². The Morgan fingerprint density at radius 3 is 1.53 bits per heavy atom. The van der Waals surface area contributed by atoms with Crippen LogP contribution in [0.4, 0.5) is 0 Å². The van der Waals surface area contributed by atoms with Crippen LogP contribution >= 0.6 is 0 Å². The Morgan fingerprint density at radius 1 is 0.800 bits per heavy atom. The van der Waals surface area contributed by atoms with Gasteiger partial charge in [0.05, 0.1) is 0 Å². The minimum absolute atomic E-state index is 0.651. The number of hydrogen-bond donors (Lipinski definition) is 0. The summed E-state index contributed by atoms with van der Waals surface area (Å²) in [5, 5.41) is 2.47. The summed E-state index contributed by atoms with van der Waals surface area (Å²) >= 11 is 0. The Labute approximate surface area is 92.6 Å². The normalized spacial score (nSPS) is 14.0. The van der Waals surface area contributed by atoms with Gasteiger partial charge < -0.3 is 0 Å². The van der Waals surface area contributed by atoms with Crippen LogP contribution in [0.1, 0.15) is 26.7 Å². The van der Waals surface area contributed by atoms with Crippen molar-refractivity contribution in [1.82, 2.24) is 0 Å². The fraction of sp³-hybridized carbons (Fsp3) is 0.333. The van der Waals surface area contributed by atoms with E-state index in [9.17, 15) is 8.42 Å². The molecular formula is C12H18O2S. The van der Waals surface area contributed by atoms with E-state index < -0.39 is 9.84 Å². The third-order valence-electron chi connectivity index (χ3n) is 1.59. The van der Waals surface area contributed by atoms with Gasteiger partial charge in [-0.2, -0.15) is 0 Å². The minimum atomic E-state index is -3.17. The van der Waals surface area contributed by atoms with Gasteiger partial charge in [0.25, 0.3) is 0 Å². The molecule has 0 amide bonds.